The Balaban J connectivity index is 0.000000174. The molecule has 2 aromatic carbocycles. The number of benzene rings is 2. The second-order valence-electron chi connectivity index (χ2n) is 34.5. The minimum absolute atomic E-state index is 0.0223. The Bertz CT molecular complexity index is 3100. The highest BCUT2D eigenvalue weighted by Gasteiger charge is 2.62. The summed E-state index contributed by atoms with van der Waals surface area (Å²) in [6, 6.07) is 14.0. The van der Waals surface area contributed by atoms with Crippen molar-refractivity contribution in [3.05, 3.63) is 104 Å². The molecular weight excluding hydrogens is 1120 g/mol. The number of carbonyl (C=O) groups is 4. The fourth-order valence-electron chi connectivity index (χ4n) is 22.5. The van der Waals surface area contributed by atoms with Gasteiger partial charge in [0, 0.05) is 17.8 Å². The molecule has 2 aromatic rings. The topological polar surface area (TPSA) is 127 Å². The highest BCUT2D eigenvalue weighted by atomic mass is 16.5. The van der Waals surface area contributed by atoms with Crippen LogP contribution in [0.4, 0.5) is 0 Å². The predicted molar refractivity (Wildman–Crippen MR) is 371 cm³/mol. The van der Waals surface area contributed by atoms with Crippen molar-refractivity contribution in [1.29, 1.82) is 0 Å². The van der Waals surface area contributed by atoms with E-state index in [9.17, 15) is 29.4 Å². The number of carbonyl (C=O) groups excluding carboxylic acids is 2. The lowest BCUT2D eigenvalue weighted by Gasteiger charge is -2.61. The predicted octanol–water partition coefficient (Wildman–Crippen LogP) is 21.2. The maximum atomic E-state index is 13.1. The number of carboxylic acid groups (broad SMARTS) is 2. The van der Waals surface area contributed by atoms with Gasteiger partial charge in [-0.25, -0.2) is 0 Å². The summed E-state index contributed by atoms with van der Waals surface area (Å²) in [5.74, 6) is 3.65. The molecule has 8 nitrogen and oxygen atoms in total. The standard InChI is InChI=1S/C40H60O4.2C20H28O2.C3H8/c1-24(2)26-11-13-32-30(19-26)28(21-34-37(32,5)15-9-17-39(34,7)36(42)43)29-22-35-38(6,16-10-18-40(35,8)44-23-41)33-14-12-27(25(3)4)20-31(29)33;1-14(2)15-6-8-17-16(12-15)7-9-18-19(17,3)10-5-11-20(18,4)22-13-21;1-13(2)14-6-8-16-15(12-14)7-9-17-19(16,3)10-5-11-20(17,4)18(21)22;1-3-2/h20,23-26,28,33-35H,9-19,21-22H2,1-8H3,(H,42,43);6,8,12-14,18H,5,7,9-11H2,1-4H3;6,8,12-13,17H,5,7,9-11H2,1-4H3,(H,21,22);3H2,1-2H3. The molecule has 15 atom stereocenters. The smallest absolute Gasteiger partial charge is 0.309 e. The van der Waals surface area contributed by atoms with Gasteiger partial charge in [0.25, 0.3) is 12.9 Å². The van der Waals surface area contributed by atoms with Gasteiger partial charge >= 0.3 is 11.9 Å². The molecule has 2 N–H and O–H groups in total. The van der Waals surface area contributed by atoms with E-state index in [1.165, 1.54) is 65.5 Å². The van der Waals surface area contributed by atoms with E-state index >= 15 is 0 Å². The van der Waals surface area contributed by atoms with Gasteiger partial charge < -0.3 is 19.7 Å². The molecule has 91 heavy (non-hydrogen) atoms. The molecule has 4 fully saturated rings. The van der Waals surface area contributed by atoms with Gasteiger partial charge in [-0.3, -0.25) is 19.2 Å². The average Bonchev–Trinajstić information content (AvgIpc) is 0.713. The van der Waals surface area contributed by atoms with E-state index in [4.69, 9.17) is 9.47 Å². The van der Waals surface area contributed by atoms with Gasteiger partial charge in [0.1, 0.15) is 11.2 Å². The summed E-state index contributed by atoms with van der Waals surface area (Å²) in [6.07, 6.45) is 28.3. The average molecular weight is 1250 g/mol. The minimum atomic E-state index is -0.696. The number of hydrogen-bond acceptors (Lipinski definition) is 6. The van der Waals surface area contributed by atoms with Crippen LogP contribution in [0.3, 0.4) is 0 Å². The van der Waals surface area contributed by atoms with Gasteiger partial charge in [-0.15, -0.1) is 0 Å². The highest BCUT2D eigenvalue weighted by molar-refractivity contribution is 5.76. The summed E-state index contributed by atoms with van der Waals surface area (Å²) in [7, 11) is 0. The van der Waals surface area contributed by atoms with E-state index in [-0.39, 0.29) is 45.0 Å². The molecular formula is C83H124O8. The van der Waals surface area contributed by atoms with Gasteiger partial charge in [0.05, 0.1) is 10.8 Å². The summed E-state index contributed by atoms with van der Waals surface area (Å²) < 4.78 is 11.7. The first kappa shape index (κ1) is 70.8. The van der Waals surface area contributed by atoms with Crippen LogP contribution in [0.1, 0.15) is 311 Å². The number of aliphatic carboxylic acids is 2. The van der Waals surface area contributed by atoms with Gasteiger partial charge in [-0.05, 0) is 270 Å². The van der Waals surface area contributed by atoms with Crippen LogP contribution in [0.25, 0.3) is 0 Å². The van der Waals surface area contributed by atoms with Crippen LogP contribution in [0.5, 0.6) is 0 Å². The lowest BCUT2D eigenvalue weighted by atomic mass is 9.43. The van der Waals surface area contributed by atoms with Crippen LogP contribution in [-0.2, 0) is 52.3 Å². The van der Waals surface area contributed by atoms with Crippen molar-refractivity contribution in [3.63, 3.8) is 0 Å². The summed E-state index contributed by atoms with van der Waals surface area (Å²) in [5.41, 5.74) is 15.0. The van der Waals surface area contributed by atoms with Crippen molar-refractivity contribution < 1.29 is 38.9 Å². The molecule has 4 saturated carbocycles. The minimum Gasteiger partial charge on any atom is -0.481 e. The van der Waals surface area contributed by atoms with Crippen molar-refractivity contribution in [3.8, 4) is 0 Å². The molecule has 0 saturated heterocycles. The Hall–Kier alpha value is -4.46. The third-order valence-corrected chi connectivity index (χ3v) is 27.8. The van der Waals surface area contributed by atoms with Crippen molar-refractivity contribution in [1.82, 2.24) is 0 Å². The summed E-state index contributed by atoms with van der Waals surface area (Å²) in [4.78, 5) is 48.0. The van der Waals surface area contributed by atoms with Crippen molar-refractivity contribution in [2.45, 2.75) is 313 Å². The third-order valence-electron chi connectivity index (χ3n) is 27.8. The zero-order valence-electron chi connectivity index (χ0n) is 60.4. The molecule has 0 aromatic heterocycles. The second kappa shape index (κ2) is 27.0. The highest BCUT2D eigenvalue weighted by Crippen LogP contribution is 2.69. The maximum Gasteiger partial charge on any atom is 0.309 e. The normalized spacial score (nSPS) is 37.9. The Morgan fingerprint density at radius 2 is 1.02 bits per heavy atom. The summed E-state index contributed by atoms with van der Waals surface area (Å²) >= 11 is 0. The first-order valence-electron chi connectivity index (χ1n) is 36.9. The van der Waals surface area contributed by atoms with E-state index in [1.54, 1.807) is 27.9 Å². The SMILES string of the molecule is CC(C)C1=CC2=C(C3CC4C(C)(C(=O)O)CCCC4(C)C4=C3CC(C(C)C)CC4)CC3C(C)(OC=O)CCCC3(C)C2CC1.CC(C)c1ccc2c(c1)CCC1C(C)(C(=O)O)CCCC21C.CC(C)c1ccc2c(c1)CCC1C(C)(OC=O)CCCC21C.CCC. The van der Waals surface area contributed by atoms with E-state index in [0.717, 1.165) is 122 Å². The number of allylic oxidation sites excluding steroid dienone is 6. The lowest BCUT2D eigenvalue weighted by Crippen LogP contribution is -2.56. The van der Waals surface area contributed by atoms with Crippen LogP contribution in [0.15, 0.2) is 70.3 Å². The van der Waals surface area contributed by atoms with Crippen LogP contribution in [-0.4, -0.2) is 46.3 Å². The number of fused-ring (bicyclic) bond motifs is 11. The fraction of sp³-hybridized carbons (Fsp3) is 0.735. The van der Waals surface area contributed by atoms with Crippen LogP contribution < -0.4 is 0 Å². The van der Waals surface area contributed by atoms with Crippen LogP contribution in [0.2, 0.25) is 0 Å². The molecule has 12 rings (SSSR count). The van der Waals surface area contributed by atoms with Crippen molar-refractivity contribution in [2.75, 3.05) is 0 Å². The third kappa shape index (κ3) is 12.6. The van der Waals surface area contributed by atoms with Gasteiger partial charge in [-0.1, -0.05) is 181 Å². The zero-order chi connectivity index (χ0) is 66.6. The number of rotatable bonds is 11. The first-order chi connectivity index (χ1) is 42.8. The molecule has 8 heteroatoms. The number of aryl methyl sites for hydroxylation is 2. The number of hydrogen-bond donors (Lipinski definition) is 2. The van der Waals surface area contributed by atoms with Gasteiger partial charge in [0.2, 0.25) is 0 Å². The second-order valence-corrected chi connectivity index (χ2v) is 34.5. The quantitative estimate of drug-likeness (QED) is 0.168. The lowest BCUT2D eigenvalue weighted by molar-refractivity contribution is -0.169. The molecule has 0 amide bonds. The van der Waals surface area contributed by atoms with Crippen LogP contribution >= 0.6 is 0 Å². The number of carboxylic acids is 2. The Morgan fingerprint density at radius 3 is 1.53 bits per heavy atom. The Labute approximate surface area is 552 Å². The molecule has 15 unspecified atom stereocenters. The van der Waals surface area contributed by atoms with Crippen molar-refractivity contribution >= 4 is 24.9 Å². The zero-order valence-corrected chi connectivity index (χ0v) is 60.4. The van der Waals surface area contributed by atoms with Crippen molar-refractivity contribution in [2.24, 2.45) is 74.9 Å². The molecule has 0 spiro atoms. The van der Waals surface area contributed by atoms with Gasteiger partial charge in [0.15, 0.2) is 0 Å². The summed E-state index contributed by atoms with van der Waals surface area (Å²) in [6.45, 7) is 42.1. The van der Waals surface area contributed by atoms with Gasteiger partial charge in [-0.2, -0.15) is 0 Å². The van der Waals surface area contributed by atoms with E-state index < -0.39 is 28.4 Å². The molecule has 10 aliphatic rings. The van der Waals surface area contributed by atoms with Crippen LogP contribution in [0, 0.1) is 74.9 Å². The molecule has 10 aliphatic carbocycles. The molecule has 0 radical (unpaired) electrons. The number of ether oxygens (including phenoxy) is 2. The largest absolute Gasteiger partial charge is 0.481 e. The molecule has 0 bridgehead atoms. The maximum absolute atomic E-state index is 13.1. The first-order valence-corrected chi connectivity index (χ1v) is 36.9. The Kier molecular flexibility index (Phi) is 21.0. The molecule has 0 heterocycles. The monoisotopic (exact) mass is 1250 g/mol. The summed E-state index contributed by atoms with van der Waals surface area (Å²) in [5, 5.41) is 20.6. The Morgan fingerprint density at radius 1 is 0.538 bits per heavy atom. The van der Waals surface area contributed by atoms with E-state index in [2.05, 4.69) is 160 Å². The fourth-order valence-corrected chi connectivity index (χ4v) is 22.5. The molecule has 504 valence electrons. The molecule has 0 aliphatic heterocycles. The van der Waals surface area contributed by atoms with E-state index in [0.29, 0.717) is 60.3 Å². The van der Waals surface area contributed by atoms with E-state index in [1.807, 2.05) is 6.92 Å².